The van der Waals surface area contributed by atoms with E-state index in [4.69, 9.17) is 22.1 Å². The Morgan fingerprint density at radius 2 is 2.15 bits per heavy atom. The molecule has 3 N–H and O–H groups in total. The number of hydrogen-bond donors (Lipinski definition) is 2. The van der Waals surface area contributed by atoms with Gasteiger partial charge in [-0.25, -0.2) is 0 Å². The Hall–Kier alpha value is -1.17. The quantitative estimate of drug-likeness (QED) is 0.715. The fourth-order valence-corrected chi connectivity index (χ4v) is 3.89. The Labute approximate surface area is 167 Å². The maximum atomic E-state index is 12.6. The van der Waals surface area contributed by atoms with Crippen molar-refractivity contribution < 1.29 is 9.53 Å². The number of amides is 1. The summed E-state index contributed by atoms with van der Waals surface area (Å²) in [5.41, 5.74) is 7.90. The van der Waals surface area contributed by atoms with E-state index < -0.39 is 0 Å². The summed E-state index contributed by atoms with van der Waals surface area (Å²) >= 11 is 6.18. The zero-order chi connectivity index (χ0) is 17.8. The van der Waals surface area contributed by atoms with E-state index in [1.807, 2.05) is 0 Å². The average molecular weight is 402 g/mol. The minimum absolute atomic E-state index is 0. The number of piperidine rings is 1. The van der Waals surface area contributed by atoms with E-state index in [2.05, 4.69) is 17.1 Å². The molecule has 1 amide bonds. The fraction of sp³-hybridized carbons (Fsp3) is 0.632. The van der Waals surface area contributed by atoms with E-state index in [1.165, 1.54) is 19.4 Å². The molecule has 2 aliphatic heterocycles. The second kappa shape index (κ2) is 9.67. The SMILES string of the molecule is CCCCN1CCC(CNC(=O)c2cc(Cl)c(N)c3c2OCC3)CC1.Cl. The summed E-state index contributed by atoms with van der Waals surface area (Å²) in [6.45, 7) is 6.95. The van der Waals surface area contributed by atoms with Gasteiger partial charge in [-0.05, 0) is 50.9 Å². The second-order valence-electron chi connectivity index (χ2n) is 7.07. The lowest BCUT2D eigenvalue weighted by Gasteiger charge is -2.32. The number of fused-ring (bicyclic) bond motifs is 1. The zero-order valence-corrected chi connectivity index (χ0v) is 16.9. The van der Waals surface area contributed by atoms with Crippen molar-refractivity contribution in [3.05, 3.63) is 22.2 Å². The molecule has 0 bridgehead atoms. The van der Waals surface area contributed by atoms with Gasteiger partial charge in [-0.2, -0.15) is 0 Å². The van der Waals surface area contributed by atoms with Crippen molar-refractivity contribution in [3.8, 4) is 5.75 Å². The zero-order valence-electron chi connectivity index (χ0n) is 15.4. The van der Waals surface area contributed by atoms with E-state index in [0.29, 0.717) is 47.5 Å². The van der Waals surface area contributed by atoms with Gasteiger partial charge in [-0.15, -0.1) is 12.4 Å². The number of benzene rings is 1. The van der Waals surface area contributed by atoms with Crippen LogP contribution in [0, 0.1) is 5.92 Å². The van der Waals surface area contributed by atoms with E-state index >= 15 is 0 Å². The van der Waals surface area contributed by atoms with Crippen molar-refractivity contribution in [2.75, 3.05) is 38.5 Å². The molecule has 1 aromatic carbocycles. The summed E-state index contributed by atoms with van der Waals surface area (Å²) in [6.07, 6.45) is 5.50. The molecule has 1 fully saturated rings. The minimum atomic E-state index is -0.117. The molecule has 26 heavy (non-hydrogen) atoms. The van der Waals surface area contributed by atoms with Crippen LogP contribution in [0.1, 0.15) is 48.5 Å². The first kappa shape index (κ1) is 21.1. The standard InChI is InChI=1S/C19H28ClN3O2.ClH/c1-2-3-7-23-8-4-13(5-9-23)12-22-19(24)15-11-16(20)17(21)14-6-10-25-18(14)15;/h11,13H,2-10,12,21H2,1H3,(H,22,24);1H. The fourth-order valence-electron chi connectivity index (χ4n) is 3.66. The van der Waals surface area contributed by atoms with Crippen LogP contribution >= 0.6 is 24.0 Å². The van der Waals surface area contributed by atoms with Gasteiger partial charge in [0.15, 0.2) is 0 Å². The topological polar surface area (TPSA) is 67.6 Å². The highest BCUT2D eigenvalue weighted by Gasteiger charge is 2.26. The molecule has 146 valence electrons. The number of nitrogen functional groups attached to an aromatic ring is 1. The van der Waals surface area contributed by atoms with Crippen LogP contribution < -0.4 is 15.8 Å². The highest BCUT2D eigenvalue weighted by molar-refractivity contribution is 6.33. The number of ether oxygens (including phenoxy) is 1. The Balaban J connectivity index is 0.00000243. The number of carbonyl (C=O) groups excluding carboxylic acids is 1. The van der Waals surface area contributed by atoms with Crippen LogP contribution in [0.4, 0.5) is 5.69 Å². The van der Waals surface area contributed by atoms with Gasteiger partial charge in [0.25, 0.3) is 5.91 Å². The van der Waals surface area contributed by atoms with Crippen molar-refractivity contribution in [1.82, 2.24) is 10.2 Å². The van der Waals surface area contributed by atoms with E-state index in [0.717, 1.165) is 31.5 Å². The first-order valence-corrected chi connectivity index (χ1v) is 9.72. The molecule has 2 heterocycles. The summed E-state index contributed by atoms with van der Waals surface area (Å²) < 4.78 is 5.62. The molecule has 1 saturated heterocycles. The van der Waals surface area contributed by atoms with Gasteiger partial charge >= 0.3 is 0 Å². The van der Waals surface area contributed by atoms with E-state index in [1.54, 1.807) is 6.07 Å². The van der Waals surface area contributed by atoms with Crippen molar-refractivity contribution in [2.45, 2.75) is 39.0 Å². The molecule has 0 atom stereocenters. The monoisotopic (exact) mass is 401 g/mol. The van der Waals surface area contributed by atoms with Crippen LogP contribution in [-0.4, -0.2) is 43.6 Å². The molecule has 0 aromatic heterocycles. The number of rotatable bonds is 6. The first-order valence-electron chi connectivity index (χ1n) is 9.34. The van der Waals surface area contributed by atoms with Crippen LogP contribution in [0.25, 0.3) is 0 Å². The number of carbonyl (C=O) groups is 1. The van der Waals surface area contributed by atoms with Crippen LogP contribution in [-0.2, 0) is 6.42 Å². The molecule has 3 rings (SSSR count). The molecule has 0 aliphatic carbocycles. The predicted molar refractivity (Wildman–Crippen MR) is 109 cm³/mol. The van der Waals surface area contributed by atoms with Crippen LogP contribution in [0.5, 0.6) is 5.75 Å². The summed E-state index contributed by atoms with van der Waals surface area (Å²) in [5, 5.41) is 3.50. The Morgan fingerprint density at radius 3 is 2.85 bits per heavy atom. The molecule has 0 unspecified atom stereocenters. The number of nitrogens with zero attached hydrogens (tertiary/aromatic N) is 1. The number of likely N-dealkylation sites (tertiary alicyclic amines) is 1. The maximum absolute atomic E-state index is 12.6. The summed E-state index contributed by atoms with van der Waals surface area (Å²) in [7, 11) is 0. The van der Waals surface area contributed by atoms with Gasteiger partial charge in [0, 0.05) is 18.5 Å². The van der Waals surface area contributed by atoms with Gasteiger partial charge in [0.2, 0.25) is 0 Å². The van der Waals surface area contributed by atoms with Crippen LogP contribution in [0.15, 0.2) is 6.07 Å². The van der Waals surface area contributed by atoms with Crippen molar-refractivity contribution in [1.29, 1.82) is 0 Å². The van der Waals surface area contributed by atoms with Gasteiger partial charge < -0.3 is 20.7 Å². The maximum Gasteiger partial charge on any atom is 0.255 e. The molecule has 7 heteroatoms. The lowest BCUT2D eigenvalue weighted by Crippen LogP contribution is -2.39. The number of nitrogens with two attached hydrogens (primary N) is 1. The molecule has 0 radical (unpaired) electrons. The second-order valence-corrected chi connectivity index (χ2v) is 7.48. The van der Waals surface area contributed by atoms with Crippen molar-refractivity contribution >= 4 is 35.6 Å². The smallest absolute Gasteiger partial charge is 0.255 e. The Bertz CT molecular complexity index is 632. The predicted octanol–water partition coefficient (Wildman–Crippen LogP) is 3.52. The third-order valence-corrected chi connectivity index (χ3v) is 5.61. The van der Waals surface area contributed by atoms with Gasteiger partial charge in [0.1, 0.15) is 5.75 Å². The van der Waals surface area contributed by atoms with E-state index in [9.17, 15) is 4.79 Å². The Kier molecular flexibility index (Phi) is 7.86. The molecular formula is C19H29Cl2N3O2. The third-order valence-electron chi connectivity index (χ3n) is 5.30. The molecule has 5 nitrogen and oxygen atoms in total. The van der Waals surface area contributed by atoms with Crippen molar-refractivity contribution in [3.63, 3.8) is 0 Å². The first-order chi connectivity index (χ1) is 12.1. The average Bonchev–Trinajstić information content (AvgIpc) is 3.12. The lowest BCUT2D eigenvalue weighted by molar-refractivity contribution is 0.0933. The minimum Gasteiger partial charge on any atom is -0.492 e. The molecule has 0 spiro atoms. The number of anilines is 1. The number of unbranched alkanes of at least 4 members (excludes halogenated alkanes) is 1. The summed E-state index contributed by atoms with van der Waals surface area (Å²) in [5.74, 6) is 1.03. The highest BCUT2D eigenvalue weighted by atomic mass is 35.5. The van der Waals surface area contributed by atoms with Gasteiger partial charge in [-0.1, -0.05) is 24.9 Å². The third kappa shape index (κ3) is 4.76. The van der Waals surface area contributed by atoms with E-state index in [-0.39, 0.29) is 18.3 Å². The lowest BCUT2D eigenvalue weighted by atomic mass is 9.96. The number of hydrogen-bond acceptors (Lipinski definition) is 4. The van der Waals surface area contributed by atoms with Crippen LogP contribution in [0.2, 0.25) is 5.02 Å². The largest absolute Gasteiger partial charge is 0.492 e. The number of halogens is 2. The highest BCUT2D eigenvalue weighted by Crippen LogP contribution is 2.38. The van der Waals surface area contributed by atoms with Gasteiger partial charge in [0.05, 0.1) is 22.9 Å². The molecule has 0 saturated carbocycles. The van der Waals surface area contributed by atoms with Gasteiger partial charge in [-0.3, -0.25) is 4.79 Å². The van der Waals surface area contributed by atoms with Crippen LogP contribution in [0.3, 0.4) is 0 Å². The summed E-state index contributed by atoms with van der Waals surface area (Å²) in [4.78, 5) is 15.1. The van der Waals surface area contributed by atoms with Crippen molar-refractivity contribution in [2.24, 2.45) is 5.92 Å². The summed E-state index contributed by atoms with van der Waals surface area (Å²) in [6, 6.07) is 1.63. The molecular weight excluding hydrogens is 373 g/mol. The molecule has 1 aromatic rings. The normalized spacial score (nSPS) is 17.3. The Morgan fingerprint density at radius 1 is 1.42 bits per heavy atom. The molecule has 2 aliphatic rings. The number of nitrogens with one attached hydrogen (secondary N) is 1.